The van der Waals surface area contributed by atoms with Gasteiger partial charge in [-0.3, -0.25) is 0 Å². The summed E-state index contributed by atoms with van der Waals surface area (Å²) in [5, 5.41) is 0. The molecule has 0 nitrogen and oxygen atoms in total. The van der Waals surface area contributed by atoms with Gasteiger partial charge in [-0.15, -0.1) is 0 Å². The molecule has 0 heterocycles. The minimum absolute atomic E-state index is 0.730. The largest absolute Gasteiger partial charge is 0.0958 e. The van der Waals surface area contributed by atoms with Gasteiger partial charge in [0.25, 0.3) is 0 Å². The minimum Gasteiger partial charge on any atom is -0.0958 e. The molecule has 0 aliphatic rings. The van der Waals surface area contributed by atoms with Gasteiger partial charge < -0.3 is 0 Å². The fraction of sp³-hybridized carbons (Fsp3) is 0.636. The monoisotopic (exact) mass is 302 g/mol. The van der Waals surface area contributed by atoms with Crippen LogP contribution < -0.4 is 0 Å². The van der Waals surface area contributed by atoms with E-state index >= 15 is 0 Å². The van der Waals surface area contributed by atoms with Gasteiger partial charge in [0.15, 0.2) is 0 Å². The normalized spacial score (nSPS) is 16.3. The molecule has 0 aromatic carbocycles. The van der Waals surface area contributed by atoms with Crippen LogP contribution in [0, 0.1) is 17.8 Å². The Bertz CT molecular complexity index is 443. The van der Waals surface area contributed by atoms with Crippen LogP contribution in [0.25, 0.3) is 0 Å². The SMILES string of the molecule is C=C(C)/C(C)=C(/C)C(=C)/C(C)=C/CC(C)C(C)CCC(C)C. The van der Waals surface area contributed by atoms with E-state index in [0.717, 1.165) is 35.3 Å². The Hall–Kier alpha value is -1.04. The van der Waals surface area contributed by atoms with Crippen molar-refractivity contribution in [3.05, 3.63) is 47.1 Å². The van der Waals surface area contributed by atoms with Gasteiger partial charge in [-0.1, -0.05) is 65.3 Å². The predicted octanol–water partition coefficient (Wildman–Crippen LogP) is 7.50. The third-order valence-electron chi connectivity index (χ3n) is 5.10. The highest BCUT2D eigenvalue weighted by Crippen LogP contribution is 2.26. The van der Waals surface area contributed by atoms with Gasteiger partial charge in [0, 0.05) is 0 Å². The van der Waals surface area contributed by atoms with Crippen molar-refractivity contribution >= 4 is 0 Å². The second-order valence-electron chi connectivity index (χ2n) is 7.56. The van der Waals surface area contributed by atoms with Crippen molar-refractivity contribution < 1.29 is 0 Å². The minimum atomic E-state index is 0.730. The smallest absolute Gasteiger partial charge is 0.0271 e. The zero-order chi connectivity index (χ0) is 17.4. The summed E-state index contributed by atoms with van der Waals surface area (Å²) in [6, 6.07) is 0. The Balaban J connectivity index is 4.70. The number of hydrogen-bond acceptors (Lipinski definition) is 0. The zero-order valence-corrected chi connectivity index (χ0v) is 16.3. The van der Waals surface area contributed by atoms with Crippen molar-refractivity contribution in [1.29, 1.82) is 0 Å². The summed E-state index contributed by atoms with van der Waals surface area (Å²) in [5.74, 6) is 2.33. The van der Waals surface area contributed by atoms with Crippen molar-refractivity contribution in [1.82, 2.24) is 0 Å². The van der Waals surface area contributed by atoms with Crippen LogP contribution in [0.4, 0.5) is 0 Å². The van der Waals surface area contributed by atoms with Crippen LogP contribution in [0.5, 0.6) is 0 Å². The van der Waals surface area contributed by atoms with Crippen LogP contribution >= 0.6 is 0 Å². The summed E-state index contributed by atoms with van der Waals surface area (Å²) in [6.45, 7) is 26.2. The maximum atomic E-state index is 4.27. The fourth-order valence-electron chi connectivity index (χ4n) is 2.44. The van der Waals surface area contributed by atoms with E-state index in [1.54, 1.807) is 0 Å². The molecular weight excluding hydrogens is 264 g/mol. The first-order valence-electron chi connectivity index (χ1n) is 8.77. The van der Waals surface area contributed by atoms with E-state index in [1.165, 1.54) is 29.6 Å². The molecule has 126 valence electrons. The number of hydrogen-bond donors (Lipinski definition) is 0. The molecule has 0 N–H and O–H groups in total. The molecule has 0 rings (SSSR count). The van der Waals surface area contributed by atoms with Crippen molar-refractivity contribution in [3.63, 3.8) is 0 Å². The van der Waals surface area contributed by atoms with Gasteiger partial charge in [-0.05, 0) is 74.2 Å². The summed E-state index contributed by atoms with van der Waals surface area (Å²) in [7, 11) is 0. The van der Waals surface area contributed by atoms with Crippen molar-refractivity contribution in [3.8, 4) is 0 Å². The maximum absolute atomic E-state index is 4.27. The Morgan fingerprint density at radius 1 is 0.818 bits per heavy atom. The topological polar surface area (TPSA) is 0 Å². The van der Waals surface area contributed by atoms with E-state index in [2.05, 4.69) is 74.6 Å². The summed E-state index contributed by atoms with van der Waals surface area (Å²) in [6.07, 6.45) is 6.18. The fourth-order valence-corrected chi connectivity index (χ4v) is 2.44. The lowest BCUT2D eigenvalue weighted by Gasteiger charge is -2.20. The number of rotatable bonds is 9. The van der Waals surface area contributed by atoms with Gasteiger partial charge in [0.1, 0.15) is 0 Å². The first-order valence-corrected chi connectivity index (χ1v) is 8.77. The molecular formula is C22H38. The van der Waals surface area contributed by atoms with Gasteiger partial charge >= 0.3 is 0 Å². The Kier molecular flexibility index (Phi) is 9.41. The first kappa shape index (κ1) is 21.0. The Labute approximate surface area is 140 Å². The number of allylic oxidation sites excluding steroid dienone is 6. The molecule has 0 heteroatoms. The molecule has 0 aliphatic heterocycles. The summed E-state index contributed by atoms with van der Waals surface area (Å²) < 4.78 is 0. The highest BCUT2D eigenvalue weighted by Gasteiger charge is 2.12. The van der Waals surface area contributed by atoms with Crippen molar-refractivity contribution in [2.45, 2.75) is 74.7 Å². The summed E-state index contributed by atoms with van der Waals surface area (Å²) in [5.41, 5.74) is 6.11. The van der Waals surface area contributed by atoms with E-state index in [-0.39, 0.29) is 0 Å². The van der Waals surface area contributed by atoms with E-state index in [9.17, 15) is 0 Å². The third-order valence-corrected chi connectivity index (χ3v) is 5.10. The molecule has 0 aliphatic carbocycles. The molecule has 0 radical (unpaired) electrons. The lowest BCUT2D eigenvalue weighted by Crippen LogP contribution is -2.08. The van der Waals surface area contributed by atoms with Gasteiger partial charge in [-0.25, -0.2) is 0 Å². The van der Waals surface area contributed by atoms with Crippen molar-refractivity contribution in [2.75, 3.05) is 0 Å². The molecule has 0 bridgehead atoms. The molecule has 0 amide bonds. The average molecular weight is 303 g/mol. The molecule has 0 spiro atoms. The molecule has 0 saturated carbocycles. The Morgan fingerprint density at radius 3 is 1.82 bits per heavy atom. The van der Waals surface area contributed by atoms with Gasteiger partial charge in [-0.2, -0.15) is 0 Å². The second kappa shape index (κ2) is 9.87. The maximum Gasteiger partial charge on any atom is -0.0271 e. The second-order valence-corrected chi connectivity index (χ2v) is 7.56. The molecule has 0 fully saturated rings. The molecule has 0 saturated heterocycles. The van der Waals surface area contributed by atoms with Crippen LogP contribution in [0.1, 0.15) is 74.7 Å². The molecule has 2 atom stereocenters. The average Bonchev–Trinajstić information content (AvgIpc) is 2.46. The third kappa shape index (κ3) is 7.29. The van der Waals surface area contributed by atoms with Gasteiger partial charge in [0.05, 0.1) is 0 Å². The molecule has 0 aromatic heterocycles. The standard InChI is InChI=1S/C22H38/c1-15(2)11-12-17(5)18(6)13-14-19(7)21(9)22(10)20(8)16(3)4/h14-15,17-18H,3,9,11-13H2,1-2,4-8,10H3/b19-14+,22-20-. The molecule has 2 unspecified atom stereocenters. The van der Waals surface area contributed by atoms with Crippen LogP contribution in [0.3, 0.4) is 0 Å². The highest BCUT2D eigenvalue weighted by molar-refractivity contribution is 5.48. The van der Waals surface area contributed by atoms with Crippen LogP contribution in [0.2, 0.25) is 0 Å². The lowest BCUT2D eigenvalue weighted by molar-refractivity contribution is 0.339. The quantitative estimate of drug-likeness (QED) is 0.387. The van der Waals surface area contributed by atoms with E-state index < -0.39 is 0 Å². The van der Waals surface area contributed by atoms with Crippen LogP contribution in [-0.2, 0) is 0 Å². The lowest BCUT2D eigenvalue weighted by atomic mass is 9.86. The van der Waals surface area contributed by atoms with E-state index in [1.807, 2.05) is 0 Å². The zero-order valence-electron chi connectivity index (χ0n) is 16.3. The molecule has 22 heavy (non-hydrogen) atoms. The van der Waals surface area contributed by atoms with Crippen LogP contribution in [0.15, 0.2) is 47.1 Å². The van der Waals surface area contributed by atoms with Crippen molar-refractivity contribution in [2.24, 2.45) is 17.8 Å². The summed E-state index contributed by atoms with van der Waals surface area (Å²) in [4.78, 5) is 0. The first-order chi connectivity index (χ1) is 10.1. The summed E-state index contributed by atoms with van der Waals surface area (Å²) >= 11 is 0. The van der Waals surface area contributed by atoms with Gasteiger partial charge in [0.2, 0.25) is 0 Å². The van der Waals surface area contributed by atoms with Crippen LogP contribution in [-0.4, -0.2) is 0 Å². The Morgan fingerprint density at radius 2 is 1.36 bits per heavy atom. The highest BCUT2D eigenvalue weighted by atomic mass is 14.2. The molecule has 0 aromatic rings. The predicted molar refractivity (Wildman–Crippen MR) is 103 cm³/mol. The van der Waals surface area contributed by atoms with E-state index in [4.69, 9.17) is 0 Å². The van der Waals surface area contributed by atoms with E-state index in [0.29, 0.717) is 0 Å².